The second-order valence-electron chi connectivity index (χ2n) is 9.40. The Balaban J connectivity index is 1.80. The average Bonchev–Trinajstić information content (AvgIpc) is 2.79. The number of nitrogens with one attached hydrogen (secondary N) is 2. The Morgan fingerprint density at radius 1 is 1.00 bits per heavy atom. The summed E-state index contributed by atoms with van der Waals surface area (Å²) >= 11 is 3.35. The molecule has 0 spiro atoms. The fraction of sp³-hybridized carbons (Fsp3) is 0.296. The first kappa shape index (κ1) is 27.5. The van der Waals surface area contributed by atoms with Crippen LogP contribution in [0, 0.1) is 6.92 Å². The van der Waals surface area contributed by atoms with Crippen LogP contribution in [0.1, 0.15) is 31.9 Å². The summed E-state index contributed by atoms with van der Waals surface area (Å²) in [4.78, 5) is 14.4. The summed E-state index contributed by atoms with van der Waals surface area (Å²) in [5, 5.41) is 2.79. The fourth-order valence-corrected chi connectivity index (χ4v) is 5.38. The van der Waals surface area contributed by atoms with E-state index in [1.165, 1.54) is 0 Å². The van der Waals surface area contributed by atoms with E-state index in [0.717, 1.165) is 11.3 Å². The summed E-state index contributed by atoms with van der Waals surface area (Å²) in [6.07, 6.45) is -0.479. The molecule has 3 aromatic rings. The molecule has 3 aromatic carbocycles. The molecule has 0 aromatic heterocycles. The second-order valence-corrected chi connectivity index (χ2v) is 12.0. The number of anilines is 2. The first-order chi connectivity index (χ1) is 16.9. The van der Waals surface area contributed by atoms with Crippen LogP contribution in [0.2, 0.25) is 0 Å². The number of hydrogen-bond donors (Lipinski definition) is 2. The van der Waals surface area contributed by atoms with E-state index < -0.39 is 21.7 Å². The minimum atomic E-state index is -3.79. The Hall–Kier alpha value is -3.04. The molecule has 9 heteroatoms. The number of halogens is 1. The summed E-state index contributed by atoms with van der Waals surface area (Å²) in [7, 11) is -3.79. The minimum Gasteiger partial charge on any atom is -0.444 e. The first-order valence-corrected chi connectivity index (χ1v) is 13.9. The number of ether oxygens (including phenoxy) is 1. The van der Waals surface area contributed by atoms with Crippen molar-refractivity contribution in [3.05, 3.63) is 88.4 Å². The molecular weight excluding hydrogens is 542 g/mol. The van der Waals surface area contributed by atoms with Crippen LogP contribution < -0.4 is 14.9 Å². The van der Waals surface area contributed by atoms with Gasteiger partial charge in [-0.2, -0.15) is 0 Å². The lowest BCUT2D eigenvalue weighted by Gasteiger charge is -2.26. The van der Waals surface area contributed by atoms with Gasteiger partial charge in [-0.25, -0.2) is 13.2 Å². The number of aryl methyl sites for hydroxylation is 1. The van der Waals surface area contributed by atoms with Crippen molar-refractivity contribution in [2.24, 2.45) is 0 Å². The van der Waals surface area contributed by atoms with E-state index in [9.17, 15) is 13.2 Å². The molecule has 0 heterocycles. The summed E-state index contributed by atoms with van der Waals surface area (Å²) in [5.74, 6) is 0. The summed E-state index contributed by atoms with van der Waals surface area (Å²) < 4.78 is 34.9. The molecule has 0 unspecified atom stereocenters. The third-order valence-electron chi connectivity index (χ3n) is 5.17. The molecular formula is C27H32BrN3O4S. The van der Waals surface area contributed by atoms with Crippen LogP contribution in [0.4, 0.5) is 16.2 Å². The maximum absolute atomic E-state index is 13.1. The van der Waals surface area contributed by atoms with E-state index in [1.807, 2.05) is 63.2 Å². The van der Waals surface area contributed by atoms with Crippen molar-refractivity contribution in [1.29, 1.82) is 0 Å². The van der Waals surface area contributed by atoms with E-state index in [4.69, 9.17) is 4.74 Å². The third kappa shape index (κ3) is 8.27. The molecule has 0 aliphatic carbocycles. The lowest BCUT2D eigenvalue weighted by Crippen LogP contribution is -2.38. The predicted octanol–water partition coefficient (Wildman–Crippen LogP) is 6.09. The molecule has 0 aliphatic rings. The third-order valence-corrected chi connectivity index (χ3v) is 7.19. The van der Waals surface area contributed by atoms with Crippen LogP contribution in [0.15, 0.2) is 82.2 Å². The fourth-order valence-electron chi connectivity index (χ4n) is 3.55. The van der Waals surface area contributed by atoms with Gasteiger partial charge in [0.25, 0.3) is 10.0 Å². The number of carbonyl (C=O) groups excluding carboxylic acids is 1. The Labute approximate surface area is 222 Å². The zero-order chi connectivity index (χ0) is 26.3. The van der Waals surface area contributed by atoms with Gasteiger partial charge >= 0.3 is 6.09 Å². The average molecular weight is 575 g/mol. The highest BCUT2D eigenvalue weighted by Gasteiger charge is 2.19. The molecule has 2 N–H and O–H groups in total. The van der Waals surface area contributed by atoms with Gasteiger partial charge in [0.05, 0.1) is 10.6 Å². The van der Waals surface area contributed by atoms with Crippen molar-refractivity contribution >= 4 is 43.4 Å². The normalized spacial score (nSPS) is 11.6. The van der Waals surface area contributed by atoms with Gasteiger partial charge in [0.2, 0.25) is 0 Å². The number of amides is 1. The smallest absolute Gasteiger partial charge is 0.407 e. The van der Waals surface area contributed by atoms with E-state index in [0.29, 0.717) is 35.4 Å². The van der Waals surface area contributed by atoms with Crippen LogP contribution in [0.5, 0.6) is 0 Å². The number of sulfonamides is 1. The van der Waals surface area contributed by atoms with Gasteiger partial charge in [-0.05, 0) is 69.2 Å². The number of benzene rings is 3. The van der Waals surface area contributed by atoms with Crippen molar-refractivity contribution in [2.75, 3.05) is 22.7 Å². The van der Waals surface area contributed by atoms with Crippen molar-refractivity contribution in [3.63, 3.8) is 0 Å². The molecule has 0 atom stereocenters. The number of nitrogens with zero attached hydrogens (tertiary/aromatic N) is 1. The van der Waals surface area contributed by atoms with Crippen molar-refractivity contribution in [1.82, 2.24) is 5.32 Å². The van der Waals surface area contributed by atoms with Gasteiger partial charge in [-0.3, -0.25) is 4.72 Å². The molecule has 1 amide bonds. The standard InChI is InChI=1S/C27H32BrN3O4S/c1-20-13-14-22(28)17-25(20)36(33,34)30-23-11-8-12-24(18-23)31(19-21-9-6-5-7-10-21)16-15-29-26(32)35-27(2,3)4/h5-14,17-18,30H,15-16,19H2,1-4H3,(H,29,32). The summed E-state index contributed by atoms with van der Waals surface area (Å²) in [6, 6.07) is 22.3. The molecule has 0 radical (unpaired) electrons. The molecule has 36 heavy (non-hydrogen) atoms. The molecule has 192 valence electrons. The lowest BCUT2D eigenvalue weighted by molar-refractivity contribution is 0.0529. The quantitative estimate of drug-likeness (QED) is 0.323. The molecule has 7 nitrogen and oxygen atoms in total. The van der Waals surface area contributed by atoms with Gasteiger partial charge in [-0.15, -0.1) is 0 Å². The Morgan fingerprint density at radius 3 is 2.42 bits per heavy atom. The summed E-state index contributed by atoms with van der Waals surface area (Å²) in [6.45, 7) is 8.64. The number of alkyl carbamates (subject to hydrolysis) is 1. The predicted molar refractivity (Wildman–Crippen MR) is 148 cm³/mol. The number of carbonyl (C=O) groups is 1. The van der Waals surface area contributed by atoms with Crippen molar-refractivity contribution in [3.8, 4) is 0 Å². The van der Waals surface area contributed by atoms with Crippen LogP contribution in [-0.2, 0) is 21.3 Å². The maximum Gasteiger partial charge on any atom is 0.407 e. The number of rotatable bonds is 9. The largest absolute Gasteiger partial charge is 0.444 e. The molecule has 0 aliphatic heterocycles. The van der Waals surface area contributed by atoms with Gasteiger partial charge in [0.15, 0.2) is 0 Å². The second kappa shape index (κ2) is 11.8. The van der Waals surface area contributed by atoms with Crippen LogP contribution in [-0.4, -0.2) is 33.2 Å². The highest BCUT2D eigenvalue weighted by Crippen LogP contribution is 2.26. The summed E-state index contributed by atoms with van der Waals surface area (Å²) in [5.41, 5.74) is 2.43. The highest BCUT2D eigenvalue weighted by molar-refractivity contribution is 9.10. The first-order valence-electron chi connectivity index (χ1n) is 11.6. The Morgan fingerprint density at radius 2 is 1.72 bits per heavy atom. The van der Waals surface area contributed by atoms with Crippen molar-refractivity contribution < 1.29 is 17.9 Å². The molecule has 0 saturated heterocycles. The van der Waals surface area contributed by atoms with E-state index in [2.05, 4.69) is 30.9 Å². The zero-order valence-corrected chi connectivity index (χ0v) is 23.3. The van der Waals surface area contributed by atoms with Crippen LogP contribution in [0.3, 0.4) is 0 Å². The SMILES string of the molecule is Cc1ccc(Br)cc1S(=O)(=O)Nc1cccc(N(CCNC(=O)OC(C)(C)C)Cc2ccccc2)c1. The Bertz CT molecular complexity index is 1290. The molecule has 0 fully saturated rings. The van der Waals surface area contributed by atoms with Gasteiger partial charge in [0.1, 0.15) is 5.60 Å². The topological polar surface area (TPSA) is 87.7 Å². The van der Waals surface area contributed by atoms with Gasteiger partial charge < -0.3 is 15.0 Å². The van der Waals surface area contributed by atoms with Crippen LogP contribution in [0.25, 0.3) is 0 Å². The molecule has 0 bridgehead atoms. The van der Waals surface area contributed by atoms with E-state index >= 15 is 0 Å². The van der Waals surface area contributed by atoms with Crippen molar-refractivity contribution in [2.45, 2.75) is 44.7 Å². The van der Waals surface area contributed by atoms with E-state index in [1.54, 1.807) is 37.3 Å². The van der Waals surface area contributed by atoms with Gasteiger partial charge in [-0.1, -0.05) is 58.4 Å². The highest BCUT2D eigenvalue weighted by atomic mass is 79.9. The zero-order valence-electron chi connectivity index (χ0n) is 20.9. The Kier molecular flexibility index (Phi) is 9.03. The lowest BCUT2D eigenvalue weighted by atomic mass is 10.2. The van der Waals surface area contributed by atoms with Crippen LogP contribution >= 0.6 is 15.9 Å². The monoisotopic (exact) mass is 573 g/mol. The minimum absolute atomic E-state index is 0.213. The molecule has 0 saturated carbocycles. The van der Waals surface area contributed by atoms with Gasteiger partial charge in [0, 0.05) is 29.8 Å². The van der Waals surface area contributed by atoms with E-state index in [-0.39, 0.29) is 4.90 Å². The number of hydrogen-bond acceptors (Lipinski definition) is 5. The molecule has 3 rings (SSSR count). The maximum atomic E-state index is 13.1.